The lowest BCUT2D eigenvalue weighted by molar-refractivity contribution is 0.893. The highest BCUT2D eigenvalue weighted by molar-refractivity contribution is 7.99. The lowest BCUT2D eigenvalue weighted by Crippen LogP contribution is -2.21. The first kappa shape index (κ1) is 11.0. The summed E-state index contributed by atoms with van der Waals surface area (Å²) >= 11 is 1.54. The van der Waals surface area contributed by atoms with Gasteiger partial charge in [0.15, 0.2) is 10.8 Å². The molecule has 2 rings (SSSR count). The van der Waals surface area contributed by atoms with Crippen molar-refractivity contribution in [2.24, 2.45) is 0 Å². The molecule has 0 amide bonds. The quantitative estimate of drug-likeness (QED) is 0.545. The molecule has 7 heteroatoms. The van der Waals surface area contributed by atoms with Crippen LogP contribution >= 0.6 is 11.8 Å². The first-order valence-electron chi connectivity index (χ1n) is 5.06. The van der Waals surface area contributed by atoms with Crippen LogP contribution in [0.3, 0.4) is 0 Å². The first-order valence-corrected chi connectivity index (χ1v) is 6.04. The molecular weight excluding hydrogens is 228 g/mol. The Balaban J connectivity index is 2.33. The zero-order chi connectivity index (χ0) is 11.5. The van der Waals surface area contributed by atoms with Crippen molar-refractivity contribution < 1.29 is 0 Å². The van der Waals surface area contributed by atoms with Gasteiger partial charge in [0.2, 0.25) is 0 Å². The number of hydrogen-bond donors (Lipinski definition) is 3. The summed E-state index contributed by atoms with van der Waals surface area (Å²) in [4.78, 5) is 34.0. The number of rotatable bonds is 4. The van der Waals surface area contributed by atoms with E-state index in [0.29, 0.717) is 16.3 Å². The van der Waals surface area contributed by atoms with Gasteiger partial charge in [0.05, 0.1) is 0 Å². The van der Waals surface area contributed by atoms with Gasteiger partial charge in [0, 0.05) is 5.75 Å². The van der Waals surface area contributed by atoms with Crippen LogP contribution in [0.15, 0.2) is 14.7 Å². The molecule has 0 saturated heterocycles. The number of aromatic nitrogens is 4. The zero-order valence-corrected chi connectivity index (χ0v) is 9.61. The van der Waals surface area contributed by atoms with Gasteiger partial charge in [-0.1, -0.05) is 25.1 Å². The molecule has 86 valence electrons. The number of fused-ring (bicyclic) bond motifs is 1. The van der Waals surface area contributed by atoms with Gasteiger partial charge in [-0.2, -0.15) is 0 Å². The Morgan fingerprint density at radius 2 is 2.06 bits per heavy atom. The largest absolute Gasteiger partial charge is 0.327 e. The van der Waals surface area contributed by atoms with Crippen LogP contribution in [0, 0.1) is 0 Å². The van der Waals surface area contributed by atoms with Crippen molar-refractivity contribution in [3.05, 3.63) is 20.8 Å². The number of imidazole rings is 1. The second kappa shape index (κ2) is 4.56. The van der Waals surface area contributed by atoms with Crippen molar-refractivity contribution in [3.8, 4) is 0 Å². The second-order valence-electron chi connectivity index (χ2n) is 3.38. The SMILES string of the molecule is CCCCSc1nc2[nH]c(=O)[nH]c(=O)c2[nH]1. The number of unbranched alkanes of at least 4 members (excludes halogenated alkanes) is 1. The van der Waals surface area contributed by atoms with Gasteiger partial charge >= 0.3 is 5.69 Å². The Morgan fingerprint density at radius 3 is 2.81 bits per heavy atom. The third kappa shape index (κ3) is 2.19. The normalized spacial score (nSPS) is 11.1. The van der Waals surface area contributed by atoms with Crippen LogP contribution in [0.5, 0.6) is 0 Å². The van der Waals surface area contributed by atoms with Gasteiger partial charge in [-0.15, -0.1) is 0 Å². The van der Waals surface area contributed by atoms with Gasteiger partial charge in [-0.25, -0.2) is 9.78 Å². The summed E-state index contributed by atoms with van der Waals surface area (Å²) in [5.41, 5.74) is -0.339. The zero-order valence-electron chi connectivity index (χ0n) is 8.79. The van der Waals surface area contributed by atoms with Gasteiger partial charge in [0.1, 0.15) is 5.52 Å². The van der Waals surface area contributed by atoms with E-state index in [0.717, 1.165) is 18.6 Å². The van der Waals surface area contributed by atoms with Crippen LogP contribution in [0.4, 0.5) is 0 Å². The molecular formula is C9H12N4O2S. The number of hydrogen-bond acceptors (Lipinski definition) is 4. The van der Waals surface area contributed by atoms with Crippen LogP contribution in [-0.4, -0.2) is 25.7 Å². The summed E-state index contributed by atoms with van der Waals surface area (Å²) in [7, 11) is 0. The summed E-state index contributed by atoms with van der Waals surface area (Å²) in [5, 5.41) is 0.663. The van der Waals surface area contributed by atoms with Crippen LogP contribution in [0.2, 0.25) is 0 Å². The molecule has 0 fully saturated rings. The molecule has 0 unspecified atom stereocenters. The van der Waals surface area contributed by atoms with E-state index >= 15 is 0 Å². The van der Waals surface area contributed by atoms with Crippen LogP contribution in [-0.2, 0) is 0 Å². The van der Waals surface area contributed by atoms with Crippen molar-refractivity contribution in [2.75, 3.05) is 5.75 Å². The van der Waals surface area contributed by atoms with E-state index in [4.69, 9.17) is 0 Å². The average molecular weight is 240 g/mol. The van der Waals surface area contributed by atoms with E-state index in [1.165, 1.54) is 0 Å². The van der Waals surface area contributed by atoms with Crippen molar-refractivity contribution in [2.45, 2.75) is 24.9 Å². The van der Waals surface area contributed by atoms with E-state index in [2.05, 4.69) is 26.9 Å². The van der Waals surface area contributed by atoms with Gasteiger partial charge < -0.3 is 4.98 Å². The Hall–Kier alpha value is -1.50. The molecule has 16 heavy (non-hydrogen) atoms. The van der Waals surface area contributed by atoms with Gasteiger partial charge in [-0.3, -0.25) is 14.8 Å². The molecule has 0 aliphatic rings. The number of nitrogens with zero attached hydrogens (tertiary/aromatic N) is 1. The maximum Gasteiger partial charge on any atom is 0.327 e. The van der Waals surface area contributed by atoms with E-state index in [9.17, 15) is 9.59 Å². The number of aromatic amines is 3. The molecule has 0 radical (unpaired) electrons. The molecule has 0 aliphatic carbocycles. The predicted molar refractivity (Wildman–Crippen MR) is 63.0 cm³/mol. The third-order valence-corrected chi connectivity index (χ3v) is 3.06. The smallest absolute Gasteiger partial charge is 0.327 e. The monoisotopic (exact) mass is 240 g/mol. The molecule has 0 spiro atoms. The molecule has 0 aliphatic heterocycles. The van der Waals surface area contributed by atoms with Crippen LogP contribution in [0.25, 0.3) is 11.2 Å². The Labute approximate surface area is 94.9 Å². The Kier molecular flexibility index (Phi) is 3.14. The summed E-state index contributed by atoms with van der Waals surface area (Å²) in [6.45, 7) is 2.11. The van der Waals surface area contributed by atoms with Gasteiger partial charge in [-0.05, 0) is 6.42 Å². The van der Waals surface area contributed by atoms with Crippen LogP contribution in [0.1, 0.15) is 19.8 Å². The maximum absolute atomic E-state index is 11.4. The Morgan fingerprint density at radius 1 is 1.25 bits per heavy atom. The van der Waals surface area contributed by atoms with E-state index in [-0.39, 0.29) is 0 Å². The predicted octanol–water partition coefficient (Wildman–Crippen LogP) is 0.832. The lowest BCUT2D eigenvalue weighted by atomic mass is 10.4. The fourth-order valence-corrected chi connectivity index (χ4v) is 2.25. The molecule has 0 atom stereocenters. The minimum absolute atomic E-state index is 0.313. The van der Waals surface area contributed by atoms with E-state index in [1.807, 2.05) is 0 Å². The lowest BCUT2D eigenvalue weighted by Gasteiger charge is -1.93. The highest BCUT2D eigenvalue weighted by Crippen LogP contribution is 2.16. The topological polar surface area (TPSA) is 94.4 Å². The molecule has 6 nitrogen and oxygen atoms in total. The minimum atomic E-state index is -0.533. The minimum Gasteiger partial charge on any atom is -0.327 e. The molecule has 2 heterocycles. The summed E-state index contributed by atoms with van der Waals surface area (Å²) < 4.78 is 0. The Bertz CT molecular complexity index is 597. The highest BCUT2D eigenvalue weighted by Gasteiger charge is 2.07. The number of H-pyrrole nitrogens is 3. The fraction of sp³-hybridized carbons (Fsp3) is 0.444. The third-order valence-electron chi connectivity index (χ3n) is 2.10. The van der Waals surface area contributed by atoms with Crippen LogP contribution < -0.4 is 11.2 Å². The van der Waals surface area contributed by atoms with Gasteiger partial charge in [0.25, 0.3) is 5.56 Å². The average Bonchev–Trinajstić information content (AvgIpc) is 2.61. The molecule has 0 saturated carbocycles. The summed E-state index contributed by atoms with van der Waals surface area (Å²) in [5.74, 6) is 0.943. The highest BCUT2D eigenvalue weighted by atomic mass is 32.2. The van der Waals surface area contributed by atoms with E-state index < -0.39 is 11.2 Å². The molecule has 0 aromatic carbocycles. The van der Waals surface area contributed by atoms with Crippen molar-refractivity contribution in [3.63, 3.8) is 0 Å². The molecule has 2 aromatic rings. The fourth-order valence-electron chi connectivity index (χ4n) is 1.29. The molecule has 2 aromatic heterocycles. The van der Waals surface area contributed by atoms with Crippen molar-refractivity contribution >= 4 is 22.9 Å². The molecule has 3 N–H and O–H groups in total. The van der Waals surface area contributed by atoms with Crippen molar-refractivity contribution in [1.29, 1.82) is 0 Å². The summed E-state index contributed by atoms with van der Waals surface area (Å²) in [6, 6.07) is 0. The number of thioether (sulfide) groups is 1. The number of nitrogens with one attached hydrogen (secondary N) is 3. The maximum atomic E-state index is 11.4. The van der Waals surface area contributed by atoms with Crippen molar-refractivity contribution in [1.82, 2.24) is 19.9 Å². The standard InChI is InChI=1S/C9H12N4O2S/c1-2-3-4-16-9-10-5-6(12-9)11-8(15)13-7(5)14/h2-4H2,1H3,(H3,10,11,12,13,14,15). The summed E-state index contributed by atoms with van der Waals surface area (Å²) in [6.07, 6.45) is 2.21. The molecule has 0 bridgehead atoms. The first-order chi connectivity index (χ1) is 7.70. The second-order valence-corrected chi connectivity index (χ2v) is 4.46. The van der Waals surface area contributed by atoms with E-state index in [1.54, 1.807) is 11.8 Å².